The zero-order valence-electron chi connectivity index (χ0n) is 14.9. The average Bonchev–Trinajstić information content (AvgIpc) is 2.57. The van der Waals surface area contributed by atoms with Crippen molar-refractivity contribution in [2.24, 2.45) is 0 Å². The number of rotatable bonds is 7. The Morgan fingerprint density at radius 2 is 1.88 bits per heavy atom. The Morgan fingerprint density at radius 1 is 1.20 bits per heavy atom. The molecule has 2 rings (SSSR count). The van der Waals surface area contributed by atoms with Crippen LogP contribution in [0.4, 0.5) is 0 Å². The monoisotopic (exact) mass is 366 g/mol. The summed E-state index contributed by atoms with van der Waals surface area (Å²) in [5, 5.41) is 6.21. The van der Waals surface area contributed by atoms with E-state index < -0.39 is 6.04 Å². The maximum absolute atomic E-state index is 12.1. The standard InChI is InChI=1S/C18H27ClN4O2/c1-3-20-18(25)14(2)21-17(24)13-23-9-7-22(8-10-23)12-15-5-4-6-16(19)11-15/h4-6,11,14H,3,7-10,12-13H2,1-2H3,(H,20,25)(H,21,24)/t14-/m1/s1. The highest BCUT2D eigenvalue weighted by molar-refractivity contribution is 6.30. The van der Waals surface area contributed by atoms with Crippen molar-refractivity contribution in [3.8, 4) is 0 Å². The van der Waals surface area contributed by atoms with Gasteiger partial charge in [-0.3, -0.25) is 19.4 Å². The van der Waals surface area contributed by atoms with Crippen LogP contribution in [0.2, 0.25) is 5.02 Å². The highest BCUT2D eigenvalue weighted by Gasteiger charge is 2.21. The number of halogens is 1. The van der Waals surface area contributed by atoms with Crippen LogP contribution in [0, 0.1) is 0 Å². The third kappa shape index (κ3) is 6.65. The Morgan fingerprint density at radius 3 is 2.52 bits per heavy atom. The quantitative estimate of drug-likeness (QED) is 0.758. The van der Waals surface area contributed by atoms with E-state index in [9.17, 15) is 9.59 Å². The summed E-state index contributed by atoms with van der Waals surface area (Å²) in [6.07, 6.45) is 0. The predicted octanol–water partition coefficient (Wildman–Crippen LogP) is 1.10. The van der Waals surface area contributed by atoms with Crippen molar-refractivity contribution in [2.75, 3.05) is 39.3 Å². The van der Waals surface area contributed by atoms with Gasteiger partial charge in [-0.05, 0) is 31.5 Å². The molecule has 1 aliphatic heterocycles. The first-order valence-corrected chi connectivity index (χ1v) is 9.12. The summed E-state index contributed by atoms with van der Waals surface area (Å²) in [6.45, 7) is 8.81. The van der Waals surface area contributed by atoms with Crippen molar-refractivity contribution in [1.29, 1.82) is 0 Å². The molecular weight excluding hydrogens is 340 g/mol. The molecule has 0 aromatic heterocycles. The number of hydrogen-bond acceptors (Lipinski definition) is 4. The molecule has 7 heteroatoms. The minimum atomic E-state index is -0.503. The Hall–Kier alpha value is -1.63. The molecule has 138 valence electrons. The van der Waals surface area contributed by atoms with Crippen LogP contribution in [0.25, 0.3) is 0 Å². The number of piperazine rings is 1. The van der Waals surface area contributed by atoms with Crippen molar-refractivity contribution in [2.45, 2.75) is 26.4 Å². The topological polar surface area (TPSA) is 64.7 Å². The number of benzene rings is 1. The van der Waals surface area contributed by atoms with E-state index in [2.05, 4.69) is 26.5 Å². The number of nitrogens with zero attached hydrogens (tertiary/aromatic N) is 2. The summed E-state index contributed by atoms with van der Waals surface area (Å²) in [5.74, 6) is -0.260. The summed E-state index contributed by atoms with van der Waals surface area (Å²) < 4.78 is 0. The smallest absolute Gasteiger partial charge is 0.242 e. The number of amides is 2. The second-order valence-corrected chi connectivity index (χ2v) is 6.80. The average molecular weight is 367 g/mol. The highest BCUT2D eigenvalue weighted by Crippen LogP contribution is 2.13. The number of carbonyl (C=O) groups excluding carboxylic acids is 2. The van der Waals surface area contributed by atoms with Gasteiger partial charge in [0.2, 0.25) is 11.8 Å². The maximum Gasteiger partial charge on any atom is 0.242 e. The van der Waals surface area contributed by atoms with Crippen LogP contribution >= 0.6 is 11.6 Å². The highest BCUT2D eigenvalue weighted by atomic mass is 35.5. The van der Waals surface area contributed by atoms with Gasteiger partial charge in [-0.1, -0.05) is 23.7 Å². The van der Waals surface area contributed by atoms with Crippen LogP contribution in [-0.2, 0) is 16.1 Å². The fourth-order valence-electron chi connectivity index (χ4n) is 2.88. The summed E-state index contributed by atoms with van der Waals surface area (Å²) in [7, 11) is 0. The first-order chi connectivity index (χ1) is 12.0. The second kappa shape index (κ2) is 9.75. The van der Waals surface area contributed by atoms with E-state index in [1.165, 1.54) is 5.56 Å². The van der Waals surface area contributed by atoms with Crippen LogP contribution in [0.3, 0.4) is 0 Å². The molecule has 1 atom stereocenters. The van der Waals surface area contributed by atoms with E-state index in [1.54, 1.807) is 6.92 Å². The molecule has 0 aliphatic carbocycles. The summed E-state index contributed by atoms with van der Waals surface area (Å²) >= 11 is 6.03. The van der Waals surface area contributed by atoms with Crippen LogP contribution in [0.15, 0.2) is 24.3 Å². The molecule has 0 radical (unpaired) electrons. The van der Waals surface area contributed by atoms with Crippen molar-refractivity contribution in [3.05, 3.63) is 34.9 Å². The minimum absolute atomic E-state index is 0.109. The molecule has 0 unspecified atom stereocenters. The number of likely N-dealkylation sites (N-methyl/N-ethyl adjacent to an activating group) is 1. The van der Waals surface area contributed by atoms with E-state index in [0.717, 1.165) is 37.7 Å². The summed E-state index contributed by atoms with van der Waals surface area (Å²) in [6, 6.07) is 7.41. The largest absolute Gasteiger partial charge is 0.355 e. The molecule has 2 amide bonds. The maximum atomic E-state index is 12.1. The Labute approximate surface area is 154 Å². The van der Waals surface area contributed by atoms with E-state index in [0.29, 0.717) is 13.1 Å². The van der Waals surface area contributed by atoms with E-state index >= 15 is 0 Å². The molecule has 1 aromatic carbocycles. The normalized spacial score (nSPS) is 17.1. The Balaban J connectivity index is 1.71. The first-order valence-electron chi connectivity index (χ1n) is 8.74. The van der Waals surface area contributed by atoms with E-state index in [-0.39, 0.29) is 11.8 Å². The fourth-order valence-corrected chi connectivity index (χ4v) is 3.10. The molecular formula is C18H27ClN4O2. The van der Waals surface area contributed by atoms with Gasteiger partial charge < -0.3 is 10.6 Å². The van der Waals surface area contributed by atoms with Crippen LogP contribution in [-0.4, -0.2) is 66.9 Å². The van der Waals surface area contributed by atoms with Gasteiger partial charge in [0.05, 0.1) is 6.54 Å². The van der Waals surface area contributed by atoms with Crippen LogP contribution in [0.5, 0.6) is 0 Å². The SMILES string of the molecule is CCNC(=O)[C@@H](C)NC(=O)CN1CCN(Cc2cccc(Cl)c2)CC1. The third-order valence-electron chi connectivity index (χ3n) is 4.25. The molecule has 1 fully saturated rings. The van der Waals surface area contributed by atoms with Gasteiger partial charge >= 0.3 is 0 Å². The van der Waals surface area contributed by atoms with Gasteiger partial charge in [-0.15, -0.1) is 0 Å². The molecule has 1 heterocycles. The molecule has 1 saturated heterocycles. The van der Waals surface area contributed by atoms with Gasteiger partial charge in [0.15, 0.2) is 0 Å². The van der Waals surface area contributed by atoms with Crippen molar-refractivity contribution in [1.82, 2.24) is 20.4 Å². The number of carbonyl (C=O) groups is 2. The van der Waals surface area contributed by atoms with E-state index in [4.69, 9.17) is 11.6 Å². The van der Waals surface area contributed by atoms with Gasteiger partial charge in [0.25, 0.3) is 0 Å². The lowest BCUT2D eigenvalue weighted by molar-refractivity contribution is -0.129. The summed E-state index contributed by atoms with van der Waals surface area (Å²) in [5.41, 5.74) is 1.20. The number of hydrogen-bond donors (Lipinski definition) is 2. The van der Waals surface area contributed by atoms with Gasteiger partial charge in [0.1, 0.15) is 6.04 Å². The molecule has 1 aromatic rings. The third-order valence-corrected chi connectivity index (χ3v) is 4.48. The Kier molecular flexibility index (Phi) is 7.68. The molecule has 0 saturated carbocycles. The minimum Gasteiger partial charge on any atom is -0.355 e. The zero-order chi connectivity index (χ0) is 18.2. The lowest BCUT2D eigenvalue weighted by Crippen LogP contribution is -2.51. The Bertz CT molecular complexity index is 588. The lowest BCUT2D eigenvalue weighted by atomic mass is 10.2. The molecule has 0 bridgehead atoms. The molecule has 0 spiro atoms. The van der Waals surface area contributed by atoms with Gasteiger partial charge in [-0.25, -0.2) is 0 Å². The zero-order valence-corrected chi connectivity index (χ0v) is 15.7. The lowest BCUT2D eigenvalue weighted by Gasteiger charge is -2.34. The predicted molar refractivity (Wildman–Crippen MR) is 99.5 cm³/mol. The summed E-state index contributed by atoms with van der Waals surface area (Å²) in [4.78, 5) is 28.2. The van der Waals surface area contributed by atoms with Gasteiger partial charge in [-0.2, -0.15) is 0 Å². The molecule has 1 aliphatic rings. The van der Waals surface area contributed by atoms with Crippen LogP contribution < -0.4 is 10.6 Å². The first kappa shape index (κ1) is 19.7. The van der Waals surface area contributed by atoms with Crippen molar-refractivity contribution < 1.29 is 9.59 Å². The fraction of sp³-hybridized carbons (Fsp3) is 0.556. The van der Waals surface area contributed by atoms with Gasteiger partial charge in [0, 0.05) is 44.3 Å². The molecule has 2 N–H and O–H groups in total. The van der Waals surface area contributed by atoms with Crippen molar-refractivity contribution >= 4 is 23.4 Å². The molecule has 25 heavy (non-hydrogen) atoms. The number of nitrogens with one attached hydrogen (secondary N) is 2. The molecule has 6 nitrogen and oxygen atoms in total. The van der Waals surface area contributed by atoms with Crippen LogP contribution in [0.1, 0.15) is 19.4 Å². The second-order valence-electron chi connectivity index (χ2n) is 6.37. The van der Waals surface area contributed by atoms with E-state index in [1.807, 2.05) is 25.1 Å². The van der Waals surface area contributed by atoms with Crippen molar-refractivity contribution in [3.63, 3.8) is 0 Å².